The number of rotatable bonds is 8. The average Bonchev–Trinajstić information content (AvgIpc) is 2.74. The molecule has 0 bridgehead atoms. The van der Waals surface area contributed by atoms with E-state index in [0.717, 1.165) is 27.7 Å². The molecule has 1 aliphatic rings. The Bertz CT molecular complexity index is 888. The highest BCUT2D eigenvalue weighted by Crippen LogP contribution is 2.28. The fourth-order valence-corrected chi connectivity index (χ4v) is 3.22. The second-order valence-corrected chi connectivity index (χ2v) is 7.33. The van der Waals surface area contributed by atoms with Gasteiger partial charge in [-0.15, -0.1) is 0 Å². The number of benzene rings is 1. The van der Waals surface area contributed by atoms with E-state index in [9.17, 15) is 24.0 Å². The molecule has 1 aliphatic heterocycles. The highest BCUT2D eigenvalue weighted by atomic mass is 16.7. The largest absolute Gasteiger partial charge is 0.463 e. The Morgan fingerprint density at radius 2 is 1.38 bits per heavy atom. The molecule has 1 aromatic rings. The molecule has 1 heterocycles. The van der Waals surface area contributed by atoms with Gasteiger partial charge in [0.1, 0.15) is 25.4 Å². The summed E-state index contributed by atoms with van der Waals surface area (Å²) in [4.78, 5) is 59.1. The lowest BCUT2D eigenvalue weighted by molar-refractivity contribution is -0.270. The lowest BCUT2D eigenvalue weighted by Gasteiger charge is -2.44. The SMILES string of the molecule is CC(=O)OC[C@@H]1O[C@@H](OC(C)=O)[C@@H](NC(=O)OCc2ccccc2)[C@H](OC(C)=O)[C@H]1OC(C)=O. The third kappa shape index (κ3) is 8.35. The minimum atomic E-state index is -1.49. The maximum atomic E-state index is 12.5. The van der Waals surface area contributed by atoms with Crippen molar-refractivity contribution in [3.05, 3.63) is 35.9 Å². The number of hydrogen-bond acceptors (Lipinski definition) is 11. The van der Waals surface area contributed by atoms with Crippen LogP contribution in [0.5, 0.6) is 0 Å². The van der Waals surface area contributed by atoms with Crippen LogP contribution in [-0.4, -0.2) is 67.2 Å². The van der Waals surface area contributed by atoms with Crippen LogP contribution in [0.15, 0.2) is 30.3 Å². The second kappa shape index (κ2) is 12.5. The zero-order valence-corrected chi connectivity index (χ0v) is 19.2. The minimum absolute atomic E-state index is 0.0703. The maximum Gasteiger partial charge on any atom is 0.408 e. The molecule has 12 heteroatoms. The van der Waals surface area contributed by atoms with Gasteiger partial charge in [-0.3, -0.25) is 19.2 Å². The van der Waals surface area contributed by atoms with Crippen molar-refractivity contribution >= 4 is 30.0 Å². The maximum absolute atomic E-state index is 12.5. The monoisotopic (exact) mass is 481 g/mol. The molecular weight excluding hydrogens is 454 g/mol. The van der Waals surface area contributed by atoms with Crippen molar-refractivity contribution in [2.45, 2.75) is 64.9 Å². The fraction of sp³-hybridized carbons (Fsp3) is 0.500. The van der Waals surface area contributed by atoms with Crippen LogP contribution < -0.4 is 5.32 Å². The van der Waals surface area contributed by atoms with Crippen LogP contribution in [0.2, 0.25) is 0 Å². The first-order valence-electron chi connectivity index (χ1n) is 10.3. The van der Waals surface area contributed by atoms with Gasteiger partial charge in [-0.1, -0.05) is 30.3 Å². The smallest absolute Gasteiger partial charge is 0.408 e. The van der Waals surface area contributed by atoms with Gasteiger partial charge in [0.2, 0.25) is 6.29 Å². The van der Waals surface area contributed by atoms with Crippen LogP contribution in [0.1, 0.15) is 33.3 Å². The van der Waals surface area contributed by atoms with E-state index in [2.05, 4.69) is 5.32 Å². The van der Waals surface area contributed by atoms with E-state index in [1.165, 1.54) is 0 Å². The highest BCUT2D eigenvalue weighted by Gasteiger charge is 2.52. The molecule has 0 spiro atoms. The third-order valence-electron chi connectivity index (χ3n) is 4.48. The number of hydrogen-bond donors (Lipinski definition) is 1. The van der Waals surface area contributed by atoms with Crippen molar-refractivity contribution < 1.29 is 52.4 Å². The Morgan fingerprint density at radius 3 is 1.94 bits per heavy atom. The Hall–Kier alpha value is -3.67. The van der Waals surface area contributed by atoms with Gasteiger partial charge < -0.3 is 33.7 Å². The topological polar surface area (TPSA) is 153 Å². The molecule has 0 aliphatic carbocycles. The molecule has 1 saturated heterocycles. The van der Waals surface area contributed by atoms with Crippen molar-refractivity contribution in [1.82, 2.24) is 5.32 Å². The molecule has 1 amide bonds. The highest BCUT2D eigenvalue weighted by molar-refractivity contribution is 5.70. The Kier molecular flexibility index (Phi) is 9.80. The molecule has 0 saturated carbocycles. The lowest BCUT2D eigenvalue weighted by Crippen LogP contribution is -2.67. The standard InChI is InChI=1S/C22H27NO11/c1-12(24)29-11-17-19(31-13(2)25)20(32-14(3)26)18(21(34-17)33-15(4)27)23-22(28)30-10-16-8-6-5-7-9-16/h5-9,17-21H,10-11H2,1-4H3,(H,23,28)/t17-,18-,19-,20-,21+/m0/s1. The molecule has 0 unspecified atom stereocenters. The first-order valence-corrected chi connectivity index (χ1v) is 10.3. The van der Waals surface area contributed by atoms with Crippen LogP contribution in [0, 0.1) is 0 Å². The molecule has 2 rings (SSSR count). The normalized spacial score (nSPS) is 23.7. The zero-order chi connectivity index (χ0) is 25.3. The van der Waals surface area contributed by atoms with Crippen molar-refractivity contribution in [1.29, 1.82) is 0 Å². The summed E-state index contributed by atoms with van der Waals surface area (Å²) in [5.74, 6) is -2.95. The number of carbonyl (C=O) groups excluding carboxylic acids is 5. The van der Waals surface area contributed by atoms with E-state index in [1.807, 2.05) is 0 Å². The van der Waals surface area contributed by atoms with E-state index in [-0.39, 0.29) is 6.61 Å². The Balaban J connectivity index is 2.30. The fourth-order valence-electron chi connectivity index (χ4n) is 3.22. The first kappa shape index (κ1) is 26.6. The van der Waals surface area contributed by atoms with Gasteiger partial charge in [-0.25, -0.2) is 4.79 Å². The number of alkyl carbamates (subject to hydrolysis) is 1. The summed E-state index contributed by atoms with van der Waals surface area (Å²) in [5, 5.41) is 2.45. The molecule has 0 radical (unpaired) electrons. The van der Waals surface area contributed by atoms with Gasteiger partial charge in [0, 0.05) is 27.7 Å². The van der Waals surface area contributed by atoms with Crippen LogP contribution in [0.3, 0.4) is 0 Å². The summed E-state index contributed by atoms with van der Waals surface area (Å²) in [7, 11) is 0. The van der Waals surface area contributed by atoms with Gasteiger partial charge in [0.25, 0.3) is 0 Å². The molecule has 186 valence electrons. The van der Waals surface area contributed by atoms with Gasteiger partial charge in [-0.2, -0.15) is 0 Å². The minimum Gasteiger partial charge on any atom is -0.463 e. The van der Waals surface area contributed by atoms with E-state index in [1.54, 1.807) is 30.3 Å². The van der Waals surface area contributed by atoms with E-state index < -0.39 is 67.2 Å². The van der Waals surface area contributed by atoms with Gasteiger partial charge in [-0.05, 0) is 5.56 Å². The quantitative estimate of drug-likeness (QED) is 0.418. The van der Waals surface area contributed by atoms with Gasteiger partial charge >= 0.3 is 30.0 Å². The number of esters is 4. The van der Waals surface area contributed by atoms with E-state index in [0.29, 0.717) is 5.56 Å². The summed E-state index contributed by atoms with van der Waals surface area (Å²) < 4.78 is 31.6. The van der Waals surface area contributed by atoms with Crippen LogP contribution >= 0.6 is 0 Å². The average molecular weight is 481 g/mol. The van der Waals surface area contributed by atoms with Crippen molar-refractivity contribution in [2.24, 2.45) is 0 Å². The summed E-state index contributed by atoms with van der Waals surface area (Å²) in [6, 6.07) is 7.51. The van der Waals surface area contributed by atoms with Crippen LogP contribution in [0.4, 0.5) is 4.79 Å². The summed E-state index contributed by atoms with van der Waals surface area (Å²) in [6.07, 6.45) is -6.29. The molecule has 12 nitrogen and oxygen atoms in total. The number of ether oxygens (including phenoxy) is 6. The first-order chi connectivity index (χ1) is 16.1. The predicted molar refractivity (Wildman–Crippen MR) is 112 cm³/mol. The summed E-state index contributed by atoms with van der Waals surface area (Å²) >= 11 is 0. The molecule has 1 N–H and O–H groups in total. The van der Waals surface area contributed by atoms with Crippen molar-refractivity contribution in [3.63, 3.8) is 0 Å². The molecule has 1 aromatic carbocycles. The third-order valence-corrected chi connectivity index (χ3v) is 4.48. The number of carbonyl (C=O) groups is 5. The number of amides is 1. The second-order valence-electron chi connectivity index (χ2n) is 7.33. The number of nitrogens with one attached hydrogen (secondary N) is 1. The Morgan fingerprint density at radius 1 is 0.794 bits per heavy atom. The predicted octanol–water partition coefficient (Wildman–Crippen LogP) is 0.996. The molecule has 5 atom stereocenters. The van der Waals surface area contributed by atoms with Gasteiger partial charge in [0.05, 0.1) is 0 Å². The molecule has 34 heavy (non-hydrogen) atoms. The lowest BCUT2D eigenvalue weighted by atomic mass is 9.96. The van der Waals surface area contributed by atoms with E-state index in [4.69, 9.17) is 28.4 Å². The Labute approximate surface area is 195 Å². The zero-order valence-electron chi connectivity index (χ0n) is 19.2. The van der Waals surface area contributed by atoms with E-state index >= 15 is 0 Å². The van der Waals surface area contributed by atoms with Crippen LogP contribution in [0.25, 0.3) is 0 Å². The molecule has 1 fully saturated rings. The summed E-state index contributed by atoms with van der Waals surface area (Å²) in [5.41, 5.74) is 0.713. The van der Waals surface area contributed by atoms with Crippen LogP contribution in [-0.2, 0) is 54.2 Å². The molecular formula is C22H27NO11. The summed E-state index contributed by atoms with van der Waals surface area (Å²) in [6.45, 7) is 4.00. The van der Waals surface area contributed by atoms with Crippen molar-refractivity contribution in [3.8, 4) is 0 Å². The van der Waals surface area contributed by atoms with Gasteiger partial charge in [0.15, 0.2) is 12.2 Å². The van der Waals surface area contributed by atoms with Crippen molar-refractivity contribution in [2.75, 3.05) is 6.61 Å². The molecule has 0 aromatic heterocycles.